The summed E-state index contributed by atoms with van der Waals surface area (Å²) >= 11 is 0. The maximum Gasteiger partial charge on any atom is 0.331 e. The number of esters is 1. The average Bonchev–Trinajstić information content (AvgIpc) is 2.32. The SMILES string of the molecule is C/C=C/C(=O)OC(C)C1=CC=CC(N)(OC)C1F. The molecule has 0 spiro atoms. The highest BCUT2D eigenvalue weighted by Crippen LogP contribution is 2.28. The van der Waals surface area contributed by atoms with Crippen LogP contribution in [0.1, 0.15) is 13.8 Å². The zero-order chi connectivity index (χ0) is 13.8. The summed E-state index contributed by atoms with van der Waals surface area (Å²) in [6, 6.07) is 0. The van der Waals surface area contributed by atoms with Crippen LogP contribution in [0.15, 0.2) is 36.0 Å². The molecule has 0 saturated heterocycles. The Bertz CT molecular complexity index is 403. The van der Waals surface area contributed by atoms with Gasteiger partial charge >= 0.3 is 5.97 Å². The zero-order valence-corrected chi connectivity index (χ0v) is 10.7. The van der Waals surface area contributed by atoms with Crippen LogP contribution in [-0.4, -0.2) is 31.1 Å². The summed E-state index contributed by atoms with van der Waals surface area (Å²) in [4.78, 5) is 11.3. The van der Waals surface area contributed by atoms with Crippen LogP contribution in [0, 0.1) is 0 Å². The number of rotatable bonds is 4. The number of carbonyl (C=O) groups excluding carboxylic acids is 1. The first-order chi connectivity index (χ1) is 8.44. The van der Waals surface area contributed by atoms with Crippen molar-refractivity contribution in [1.82, 2.24) is 0 Å². The van der Waals surface area contributed by atoms with Crippen molar-refractivity contribution in [1.29, 1.82) is 0 Å². The molecule has 2 N–H and O–H groups in total. The van der Waals surface area contributed by atoms with Crippen LogP contribution in [0.25, 0.3) is 0 Å². The highest BCUT2D eigenvalue weighted by atomic mass is 19.1. The van der Waals surface area contributed by atoms with Gasteiger partial charge in [-0.25, -0.2) is 9.18 Å². The van der Waals surface area contributed by atoms with Crippen LogP contribution in [0.2, 0.25) is 0 Å². The Morgan fingerprint density at radius 2 is 2.33 bits per heavy atom. The Balaban J connectivity index is 2.80. The molecule has 1 aliphatic carbocycles. The van der Waals surface area contributed by atoms with Crippen LogP contribution in [0.4, 0.5) is 4.39 Å². The standard InChI is InChI=1S/C13H18FNO3/c1-4-6-11(16)18-9(2)10-7-5-8-13(15,17-3)12(10)14/h4-9,12H,15H2,1-3H3/b6-4+. The molecule has 1 aliphatic rings. The molecule has 3 unspecified atom stereocenters. The molecule has 0 aromatic rings. The average molecular weight is 255 g/mol. The molecule has 0 amide bonds. The molecule has 5 heteroatoms. The van der Waals surface area contributed by atoms with E-state index < -0.39 is 24.0 Å². The number of halogens is 1. The van der Waals surface area contributed by atoms with E-state index in [1.165, 1.54) is 19.3 Å². The second-order valence-electron chi connectivity index (χ2n) is 4.03. The molecule has 3 atom stereocenters. The third-order valence-electron chi connectivity index (χ3n) is 2.75. The normalized spacial score (nSPS) is 29.2. The molecule has 0 heterocycles. The summed E-state index contributed by atoms with van der Waals surface area (Å²) in [5.41, 5.74) is 4.51. The Labute approximate surface area is 106 Å². The lowest BCUT2D eigenvalue weighted by Gasteiger charge is -2.33. The minimum atomic E-state index is -1.55. The van der Waals surface area contributed by atoms with Crippen molar-refractivity contribution >= 4 is 5.97 Å². The van der Waals surface area contributed by atoms with Gasteiger partial charge in [0.1, 0.15) is 6.10 Å². The smallest absolute Gasteiger partial charge is 0.331 e. The van der Waals surface area contributed by atoms with E-state index >= 15 is 0 Å². The number of allylic oxidation sites excluding steroid dienone is 3. The number of methoxy groups -OCH3 is 1. The highest BCUT2D eigenvalue weighted by Gasteiger charge is 2.39. The minimum Gasteiger partial charge on any atom is -0.455 e. The molecular weight excluding hydrogens is 237 g/mol. The number of nitrogens with two attached hydrogens (primary N) is 1. The van der Waals surface area contributed by atoms with Gasteiger partial charge in [-0.2, -0.15) is 0 Å². The van der Waals surface area contributed by atoms with E-state index in [9.17, 15) is 9.18 Å². The lowest BCUT2D eigenvalue weighted by Crippen LogP contribution is -2.52. The van der Waals surface area contributed by atoms with Crippen LogP contribution in [-0.2, 0) is 14.3 Å². The van der Waals surface area contributed by atoms with Crippen LogP contribution in [0.5, 0.6) is 0 Å². The molecule has 0 aromatic heterocycles. The van der Waals surface area contributed by atoms with E-state index in [2.05, 4.69) is 0 Å². The first-order valence-corrected chi connectivity index (χ1v) is 5.65. The van der Waals surface area contributed by atoms with Gasteiger partial charge < -0.3 is 9.47 Å². The van der Waals surface area contributed by atoms with Crippen LogP contribution >= 0.6 is 0 Å². The molecule has 18 heavy (non-hydrogen) atoms. The van der Waals surface area contributed by atoms with Crippen molar-refractivity contribution in [3.63, 3.8) is 0 Å². The molecule has 100 valence electrons. The fraction of sp³-hybridized carbons (Fsp3) is 0.462. The predicted octanol–water partition coefficient (Wildman–Crippen LogP) is 1.63. The fourth-order valence-electron chi connectivity index (χ4n) is 1.67. The van der Waals surface area contributed by atoms with Crippen LogP contribution < -0.4 is 5.73 Å². The lowest BCUT2D eigenvalue weighted by atomic mass is 9.92. The number of carbonyl (C=O) groups is 1. The van der Waals surface area contributed by atoms with Crippen LogP contribution in [0.3, 0.4) is 0 Å². The van der Waals surface area contributed by atoms with E-state index in [0.29, 0.717) is 0 Å². The molecule has 0 fully saturated rings. The summed E-state index contributed by atoms with van der Waals surface area (Å²) in [5.74, 6) is -0.521. The molecule has 0 saturated carbocycles. The first kappa shape index (κ1) is 14.6. The number of hydrogen-bond acceptors (Lipinski definition) is 4. The minimum absolute atomic E-state index is 0.278. The number of alkyl halides is 1. The molecule has 0 aliphatic heterocycles. The van der Waals surface area contributed by atoms with Gasteiger partial charge in [0, 0.05) is 18.8 Å². The predicted molar refractivity (Wildman–Crippen MR) is 66.4 cm³/mol. The van der Waals surface area contributed by atoms with Gasteiger partial charge in [0.2, 0.25) is 0 Å². The Morgan fingerprint density at radius 1 is 1.67 bits per heavy atom. The Hall–Kier alpha value is -1.46. The van der Waals surface area contributed by atoms with Gasteiger partial charge in [-0.1, -0.05) is 18.2 Å². The first-order valence-electron chi connectivity index (χ1n) is 5.65. The lowest BCUT2D eigenvalue weighted by molar-refractivity contribution is -0.141. The van der Waals surface area contributed by atoms with Crippen molar-refractivity contribution in [3.8, 4) is 0 Å². The quantitative estimate of drug-likeness (QED) is 0.471. The van der Waals surface area contributed by atoms with Gasteiger partial charge in [-0.05, 0) is 19.9 Å². The van der Waals surface area contributed by atoms with Gasteiger partial charge in [-0.3, -0.25) is 5.73 Å². The molecule has 0 radical (unpaired) electrons. The maximum atomic E-state index is 14.2. The number of ether oxygens (including phenoxy) is 2. The number of hydrogen-bond donors (Lipinski definition) is 1. The van der Waals surface area contributed by atoms with E-state index in [0.717, 1.165) is 0 Å². The van der Waals surface area contributed by atoms with Gasteiger partial charge in [0.25, 0.3) is 0 Å². The summed E-state index contributed by atoms with van der Waals surface area (Å²) in [5, 5.41) is 0. The summed E-state index contributed by atoms with van der Waals surface area (Å²) in [7, 11) is 1.33. The van der Waals surface area contributed by atoms with E-state index in [1.807, 2.05) is 0 Å². The summed E-state index contributed by atoms with van der Waals surface area (Å²) in [6.45, 7) is 3.29. The van der Waals surface area contributed by atoms with Gasteiger partial charge in [0.05, 0.1) is 0 Å². The molecular formula is C13H18FNO3. The van der Waals surface area contributed by atoms with Crippen molar-refractivity contribution < 1.29 is 18.7 Å². The second kappa shape index (κ2) is 5.93. The highest BCUT2D eigenvalue weighted by molar-refractivity contribution is 5.82. The van der Waals surface area contributed by atoms with E-state index in [4.69, 9.17) is 15.2 Å². The van der Waals surface area contributed by atoms with Gasteiger partial charge in [0.15, 0.2) is 11.9 Å². The molecule has 1 rings (SSSR count). The summed E-state index contributed by atoms with van der Waals surface area (Å²) < 4.78 is 24.2. The van der Waals surface area contributed by atoms with Crippen molar-refractivity contribution in [3.05, 3.63) is 36.0 Å². The van der Waals surface area contributed by atoms with E-state index in [1.54, 1.807) is 32.1 Å². The molecule has 0 aromatic carbocycles. The largest absolute Gasteiger partial charge is 0.455 e. The monoisotopic (exact) mass is 255 g/mol. The summed E-state index contributed by atoms with van der Waals surface area (Å²) in [6.07, 6.45) is 5.14. The Morgan fingerprint density at radius 3 is 2.89 bits per heavy atom. The van der Waals surface area contributed by atoms with Crippen molar-refractivity contribution in [2.24, 2.45) is 5.73 Å². The third kappa shape index (κ3) is 3.05. The molecule has 0 bridgehead atoms. The zero-order valence-electron chi connectivity index (χ0n) is 10.7. The molecule has 4 nitrogen and oxygen atoms in total. The van der Waals surface area contributed by atoms with Gasteiger partial charge in [-0.15, -0.1) is 0 Å². The van der Waals surface area contributed by atoms with Crippen molar-refractivity contribution in [2.75, 3.05) is 7.11 Å². The van der Waals surface area contributed by atoms with Crippen molar-refractivity contribution in [2.45, 2.75) is 31.8 Å². The van der Waals surface area contributed by atoms with E-state index in [-0.39, 0.29) is 5.57 Å². The second-order valence-corrected chi connectivity index (χ2v) is 4.03. The maximum absolute atomic E-state index is 14.2. The third-order valence-corrected chi connectivity index (χ3v) is 2.75. The fourth-order valence-corrected chi connectivity index (χ4v) is 1.67. The topological polar surface area (TPSA) is 61.5 Å². The Kier molecular flexibility index (Phi) is 4.81.